The maximum atomic E-state index is 13.2. The Morgan fingerprint density at radius 3 is 2.61 bits per heavy atom. The lowest BCUT2D eigenvalue weighted by atomic mass is 9.83. The molecule has 2 aliphatic rings. The molecule has 2 aliphatic heterocycles. The van der Waals surface area contributed by atoms with Crippen molar-refractivity contribution in [1.29, 1.82) is 0 Å². The van der Waals surface area contributed by atoms with Crippen LogP contribution in [0, 0.1) is 11.7 Å². The normalized spacial score (nSPS) is 20.9. The number of rotatable bonds is 5. The average Bonchev–Trinajstić information content (AvgIpc) is 3.28. The molecule has 0 unspecified atom stereocenters. The average molecular weight is 460 g/mol. The number of likely N-dealkylation sites (tertiary alicyclic amines) is 1. The molecule has 3 aromatic rings. The molecule has 0 saturated carbocycles. The summed E-state index contributed by atoms with van der Waals surface area (Å²) in [6, 6.07) is 13.2. The van der Waals surface area contributed by atoms with Gasteiger partial charge >= 0.3 is 0 Å². The Morgan fingerprint density at radius 2 is 1.87 bits per heavy atom. The maximum Gasteiger partial charge on any atom is 0.275 e. The van der Waals surface area contributed by atoms with E-state index in [0.717, 1.165) is 48.6 Å². The number of aromatic nitrogens is 1. The second kappa shape index (κ2) is 7.89. The molecule has 31 heavy (non-hydrogen) atoms. The van der Waals surface area contributed by atoms with E-state index in [4.69, 9.17) is 0 Å². The molecule has 0 radical (unpaired) electrons. The Bertz CT molecular complexity index is 1250. The molecule has 2 aromatic heterocycles. The van der Waals surface area contributed by atoms with E-state index in [-0.39, 0.29) is 27.2 Å². The van der Waals surface area contributed by atoms with Crippen LogP contribution < -0.4 is 10.3 Å². The fourth-order valence-electron chi connectivity index (χ4n) is 4.71. The highest BCUT2D eigenvalue weighted by atomic mass is 32.2. The molecule has 2 atom stereocenters. The van der Waals surface area contributed by atoms with Crippen LogP contribution in [0.1, 0.15) is 23.6 Å². The number of anilines is 1. The van der Waals surface area contributed by atoms with E-state index < -0.39 is 10.0 Å². The van der Waals surface area contributed by atoms with Gasteiger partial charge in [0.2, 0.25) is 0 Å². The minimum atomic E-state index is -3.76. The number of halogens is 1. The third-order valence-corrected chi connectivity index (χ3v) is 8.77. The van der Waals surface area contributed by atoms with Crippen LogP contribution in [0.3, 0.4) is 0 Å². The van der Waals surface area contributed by atoms with Crippen molar-refractivity contribution in [1.82, 2.24) is 9.47 Å². The monoisotopic (exact) mass is 459 g/mol. The molecule has 1 fully saturated rings. The first-order valence-electron chi connectivity index (χ1n) is 10.2. The Morgan fingerprint density at radius 1 is 1.06 bits per heavy atom. The van der Waals surface area contributed by atoms with E-state index >= 15 is 0 Å². The van der Waals surface area contributed by atoms with Gasteiger partial charge in [-0.25, -0.2) is 12.8 Å². The highest BCUT2D eigenvalue weighted by Crippen LogP contribution is 2.36. The minimum Gasteiger partial charge on any atom is -0.310 e. The molecule has 6 nitrogen and oxygen atoms in total. The number of hydrogen-bond acceptors (Lipinski definition) is 5. The number of sulfonamides is 1. The summed E-state index contributed by atoms with van der Waals surface area (Å²) in [4.78, 5) is 15.4. The van der Waals surface area contributed by atoms with E-state index in [0.29, 0.717) is 12.5 Å². The highest BCUT2D eigenvalue weighted by Gasteiger charge is 2.35. The van der Waals surface area contributed by atoms with Crippen molar-refractivity contribution in [2.45, 2.75) is 29.6 Å². The van der Waals surface area contributed by atoms with Crippen molar-refractivity contribution in [3.8, 4) is 0 Å². The number of nitrogens with zero attached hydrogens (tertiary/aromatic N) is 2. The fraction of sp³-hybridized carbons (Fsp3) is 0.318. The molecule has 0 aliphatic carbocycles. The third-order valence-electron chi connectivity index (χ3n) is 6.00. The lowest BCUT2D eigenvalue weighted by Gasteiger charge is -2.43. The zero-order valence-electron chi connectivity index (χ0n) is 16.7. The lowest BCUT2D eigenvalue weighted by molar-refractivity contribution is 0.114. The number of piperidine rings is 1. The van der Waals surface area contributed by atoms with Crippen LogP contribution in [0.4, 0.5) is 10.1 Å². The molecular formula is C22H22FN3O3S2. The highest BCUT2D eigenvalue weighted by molar-refractivity contribution is 7.94. The predicted molar refractivity (Wildman–Crippen MR) is 118 cm³/mol. The first-order chi connectivity index (χ1) is 14.9. The number of hydrogen-bond donors (Lipinski definition) is 1. The van der Waals surface area contributed by atoms with Crippen molar-refractivity contribution < 1.29 is 12.8 Å². The quantitative estimate of drug-likeness (QED) is 0.634. The van der Waals surface area contributed by atoms with Gasteiger partial charge in [-0.05, 0) is 53.6 Å². The Balaban J connectivity index is 1.38. The van der Waals surface area contributed by atoms with Crippen LogP contribution in [0.5, 0.6) is 0 Å². The van der Waals surface area contributed by atoms with E-state index in [1.165, 1.54) is 18.2 Å². The summed E-state index contributed by atoms with van der Waals surface area (Å²) in [5.74, 6) is 0.287. The largest absolute Gasteiger partial charge is 0.310 e. The predicted octanol–water partition coefficient (Wildman–Crippen LogP) is 3.47. The summed E-state index contributed by atoms with van der Waals surface area (Å²) in [5, 5.41) is 1.69. The summed E-state index contributed by atoms with van der Waals surface area (Å²) in [5.41, 5.74) is 1.81. The van der Waals surface area contributed by atoms with Gasteiger partial charge in [0.25, 0.3) is 15.6 Å². The van der Waals surface area contributed by atoms with Crippen molar-refractivity contribution in [2.75, 3.05) is 17.8 Å². The Hall–Kier alpha value is -2.49. The van der Waals surface area contributed by atoms with Crippen LogP contribution in [0.2, 0.25) is 0 Å². The second-order valence-electron chi connectivity index (χ2n) is 8.24. The van der Waals surface area contributed by atoms with Crippen molar-refractivity contribution in [2.24, 2.45) is 5.92 Å². The topological polar surface area (TPSA) is 71.4 Å². The van der Waals surface area contributed by atoms with E-state index in [9.17, 15) is 17.6 Å². The number of nitrogens with one attached hydrogen (secondary N) is 1. The molecule has 1 aromatic carbocycles. The van der Waals surface area contributed by atoms with Gasteiger partial charge < -0.3 is 4.57 Å². The van der Waals surface area contributed by atoms with E-state index in [1.54, 1.807) is 22.1 Å². The molecule has 0 spiro atoms. The van der Waals surface area contributed by atoms with Crippen molar-refractivity contribution in [3.63, 3.8) is 0 Å². The SMILES string of the molecule is O=c1c(NS(=O)(=O)c2cccs2)ccc2n1C[C@H]1C[C@@H]2CN(Cc2ccc(F)cc2)C1. The number of thiophene rings is 1. The molecular weight excluding hydrogens is 437 g/mol. The van der Waals surface area contributed by atoms with Gasteiger partial charge in [0, 0.05) is 37.8 Å². The zero-order chi connectivity index (χ0) is 21.6. The van der Waals surface area contributed by atoms with Gasteiger partial charge in [-0.3, -0.25) is 14.4 Å². The van der Waals surface area contributed by atoms with Gasteiger partial charge in [-0.1, -0.05) is 18.2 Å². The van der Waals surface area contributed by atoms with Crippen LogP contribution in [-0.2, 0) is 23.1 Å². The molecule has 1 saturated heterocycles. The molecule has 4 heterocycles. The summed E-state index contributed by atoms with van der Waals surface area (Å²) in [7, 11) is -3.76. The Kier molecular flexibility index (Phi) is 5.19. The van der Waals surface area contributed by atoms with Crippen LogP contribution >= 0.6 is 11.3 Å². The van der Waals surface area contributed by atoms with Gasteiger partial charge in [0.1, 0.15) is 15.7 Å². The number of fused-ring (bicyclic) bond motifs is 4. The van der Waals surface area contributed by atoms with E-state index in [1.807, 2.05) is 18.2 Å². The van der Waals surface area contributed by atoms with Crippen LogP contribution in [0.25, 0.3) is 0 Å². The smallest absolute Gasteiger partial charge is 0.275 e. The van der Waals surface area contributed by atoms with Gasteiger partial charge in [-0.2, -0.15) is 0 Å². The standard InChI is InChI=1S/C22H22FN3O3S2/c23-18-5-3-15(4-6-18)11-25-12-16-10-17(14-25)20-8-7-19(22(27)26(20)13-16)24-31(28,29)21-2-1-9-30-21/h1-9,16-17,24H,10-14H2/t16-,17+/m0/s1. The third kappa shape index (κ3) is 4.05. The summed E-state index contributed by atoms with van der Waals surface area (Å²) >= 11 is 1.11. The molecule has 162 valence electrons. The van der Waals surface area contributed by atoms with Gasteiger partial charge in [0.15, 0.2) is 0 Å². The summed E-state index contributed by atoms with van der Waals surface area (Å²) in [6.07, 6.45) is 1.01. The second-order valence-corrected chi connectivity index (χ2v) is 11.1. The fourth-order valence-corrected chi connectivity index (χ4v) is 6.76. The lowest BCUT2D eigenvalue weighted by Crippen LogP contribution is -2.47. The van der Waals surface area contributed by atoms with Crippen molar-refractivity contribution in [3.05, 3.63) is 81.3 Å². The van der Waals surface area contributed by atoms with Crippen molar-refractivity contribution >= 4 is 27.0 Å². The number of pyridine rings is 1. The van der Waals surface area contributed by atoms with Gasteiger partial charge in [-0.15, -0.1) is 11.3 Å². The number of benzene rings is 1. The zero-order valence-corrected chi connectivity index (χ0v) is 18.3. The molecule has 0 amide bonds. The molecule has 2 bridgehead atoms. The van der Waals surface area contributed by atoms with Crippen LogP contribution in [0.15, 0.2) is 62.9 Å². The van der Waals surface area contributed by atoms with Crippen LogP contribution in [-0.4, -0.2) is 31.0 Å². The molecule has 5 rings (SSSR count). The molecule has 9 heteroatoms. The molecule has 1 N–H and O–H groups in total. The first-order valence-corrected chi connectivity index (χ1v) is 12.5. The van der Waals surface area contributed by atoms with E-state index in [2.05, 4.69) is 9.62 Å². The van der Waals surface area contributed by atoms with Gasteiger partial charge in [0.05, 0.1) is 0 Å². The summed E-state index contributed by atoms with van der Waals surface area (Å²) in [6.45, 7) is 2.98. The first kappa shape index (κ1) is 20.4. The summed E-state index contributed by atoms with van der Waals surface area (Å²) < 4.78 is 42.6. The minimum absolute atomic E-state index is 0.0836. The maximum absolute atomic E-state index is 13.2. The Labute approximate surface area is 184 Å².